The SMILES string of the molecule is O=C1COC2(CCN(C3CCc4ccccc4C3)CC2)CN1. The van der Waals surface area contributed by atoms with Gasteiger partial charge in [0.25, 0.3) is 0 Å². The van der Waals surface area contributed by atoms with Crippen molar-refractivity contribution in [1.82, 2.24) is 10.2 Å². The standard InChI is InChI=1S/C18H24N2O2/c21-17-12-22-18(13-19-17)7-9-20(10-8-18)16-6-5-14-3-1-2-4-15(14)11-16/h1-4,16H,5-13H2,(H,19,21). The number of fused-ring (bicyclic) bond motifs is 1. The molecule has 2 aliphatic heterocycles. The number of nitrogens with one attached hydrogen (secondary N) is 1. The van der Waals surface area contributed by atoms with E-state index in [9.17, 15) is 4.79 Å². The minimum atomic E-state index is -0.100. The Kier molecular flexibility index (Phi) is 3.66. The number of piperidine rings is 1. The predicted octanol–water partition coefficient (Wildman–Crippen LogP) is 1.52. The highest BCUT2D eigenvalue weighted by Gasteiger charge is 2.40. The van der Waals surface area contributed by atoms with E-state index in [1.54, 1.807) is 0 Å². The summed E-state index contributed by atoms with van der Waals surface area (Å²) >= 11 is 0. The lowest BCUT2D eigenvalue weighted by Gasteiger charge is -2.46. The van der Waals surface area contributed by atoms with Gasteiger partial charge < -0.3 is 10.1 Å². The molecule has 2 saturated heterocycles. The van der Waals surface area contributed by atoms with Gasteiger partial charge in [0.05, 0.1) is 5.60 Å². The fraction of sp³-hybridized carbons (Fsp3) is 0.611. The molecule has 2 fully saturated rings. The zero-order valence-electron chi connectivity index (χ0n) is 13.0. The number of rotatable bonds is 1. The molecular formula is C18H24N2O2. The first-order valence-corrected chi connectivity index (χ1v) is 8.46. The fourth-order valence-electron chi connectivity index (χ4n) is 4.19. The molecule has 1 unspecified atom stereocenters. The summed E-state index contributed by atoms with van der Waals surface area (Å²) in [6, 6.07) is 9.54. The molecule has 4 rings (SSSR count). The van der Waals surface area contributed by atoms with Crippen LogP contribution in [0.15, 0.2) is 24.3 Å². The smallest absolute Gasteiger partial charge is 0.246 e. The lowest BCUT2D eigenvalue weighted by Crippen LogP contribution is -2.58. The number of hydrogen-bond donors (Lipinski definition) is 1. The average Bonchev–Trinajstić information content (AvgIpc) is 2.58. The van der Waals surface area contributed by atoms with E-state index >= 15 is 0 Å². The van der Waals surface area contributed by atoms with Gasteiger partial charge in [-0.1, -0.05) is 24.3 Å². The molecule has 22 heavy (non-hydrogen) atoms. The first kappa shape index (κ1) is 14.2. The molecule has 1 spiro atoms. The van der Waals surface area contributed by atoms with Crippen LogP contribution in [0.3, 0.4) is 0 Å². The summed E-state index contributed by atoms with van der Waals surface area (Å²) in [5.74, 6) is 0.0249. The fourth-order valence-corrected chi connectivity index (χ4v) is 4.19. The summed E-state index contributed by atoms with van der Waals surface area (Å²) in [6.07, 6.45) is 5.72. The molecule has 4 nitrogen and oxygen atoms in total. The summed E-state index contributed by atoms with van der Waals surface area (Å²) < 4.78 is 5.87. The monoisotopic (exact) mass is 300 g/mol. The van der Waals surface area contributed by atoms with Crippen LogP contribution in [0.1, 0.15) is 30.4 Å². The third kappa shape index (κ3) is 2.66. The number of ether oxygens (including phenoxy) is 1. The predicted molar refractivity (Wildman–Crippen MR) is 84.8 cm³/mol. The molecule has 0 saturated carbocycles. The Hall–Kier alpha value is -1.39. The maximum absolute atomic E-state index is 11.3. The van der Waals surface area contributed by atoms with Crippen LogP contribution >= 0.6 is 0 Å². The molecule has 1 aromatic rings. The van der Waals surface area contributed by atoms with E-state index in [-0.39, 0.29) is 18.1 Å². The Bertz CT molecular complexity index is 552. The van der Waals surface area contributed by atoms with E-state index in [1.807, 2.05) is 0 Å². The maximum Gasteiger partial charge on any atom is 0.246 e. The second kappa shape index (κ2) is 5.67. The van der Waals surface area contributed by atoms with Crippen LogP contribution in [0.5, 0.6) is 0 Å². The van der Waals surface area contributed by atoms with Gasteiger partial charge in [0.1, 0.15) is 6.61 Å². The molecule has 1 aromatic carbocycles. The number of hydrogen-bond acceptors (Lipinski definition) is 3. The molecular weight excluding hydrogens is 276 g/mol. The molecule has 4 heteroatoms. The van der Waals surface area contributed by atoms with Gasteiger partial charge in [-0.25, -0.2) is 0 Å². The van der Waals surface area contributed by atoms with E-state index in [4.69, 9.17) is 4.74 Å². The van der Waals surface area contributed by atoms with Crippen LogP contribution in [-0.4, -0.2) is 48.7 Å². The maximum atomic E-state index is 11.3. The van der Waals surface area contributed by atoms with Gasteiger partial charge in [0.15, 0.2) is 0 Å². The van der Waals surface area contributed by atoms with Crippen LogP contribution in [0.4, 0.5) is 0 Å². The van der Waals surface area contributed by atoms with Crippen molar-refractivity contribution in [2.75, 3.05) is 26.2 Å². The van der Waals surface area contributed by atoms with Gasteiger partial charge in [0, 0.05) is 25.7 Å². The Morgan fingerprint density at radius 2 is 1.95 bits per heavy atom. The van der Waals surface area contributed by atoms with Gasteiger partial charge in [-0.05, 0) is 43.2 Å². The molecule has 1 N–H and O–H groups in total. The Labute approximate surface area is 131 Å². The largest absolute Gasteiger partial charge is 0.363 e. The van der Waals surface area contributed by atoms with Gasteiger partial charge in [-0.15, -0.1) is 0 Å². The second-order valence-electron chi connectivity index (χ2n) is 6.95. The molecule has 0 bridgehead atoms. The number of amides is 1. The Balaban J connectivity index is 1.37. The number of benzene rings is 1. The lowest BCUT2D eigenvalue weighted by atomic mass is 9.84. The van der Waals surface area contributed by atoms with Crippen LogP contribution < -0.4 is 5.32 Å². The minimum Gasteiger partial charge on any atom is -0.363 e. The number of carbonyl (C=O) groups excluding carboxylic acids is 1. The number of aryl methyl sites for hydroxylation is 1. The van der Waals surface area contributed by atoms with Gasteiger partial charge >= 0.3 is 0 Å². The van der Waals surface area contributed by atoms with Crippen LogP contribution in [0.2, 0.25) is 0 Å². The molecule has 1 atom stereocenters. The van der Waals surface area contributed by atoms with E-state index in [0.29, 0.717) is 12.6 Å². The van der Waals surface area contributed by atoms with Crippen molar-refractivity contribution in [1.29, 1.82) is 0 Å². The summed E-state index contributed by atoms with van der Waals surface area (Å²) in [5, 5.41) is 2.97. The first-order valence-electron chi connectivity index (χ1n) is 8.46. The van der Waals surface area contributed by atoms with Crippen LogP contribution in [-0.2, 0) is 22.4 Å². The van der Waals surface area contributed by atoms with Gasteiger partial charge in [0.2, 0.25) is 5.91 Å². The zero-order valence-corrected chi connectivity index (χ0v) is 13.0. The van der Waals surface area contributed by atoms with Gasteiger partial charge in [-0.3, -0.25) is 9.69 Å². The molecule has 0 aromatic heterocycles. The normalized spacial score (nSPS) is 28.2. The number of carbonyl (C=O) groups is 1. The van der Waals surface area contributed by atoms with Crippen molar-refractivity contribution in [2.45, 2.75) is 43.7 Å². The van der Waals surface area contributed by atoms with Crippen molar-refractivity contribution < 1.29 is 9.53 Å². The molecule has 1 aliphatic carbocycles. The minimum absolute atomic E-state index is 0.0249. The van der Waals surface area contributed by atoms with Crippen LogP contribution in [0, 0.1) is 0 Å². The van der Waals surface area contributed by atoms with Crippen molar-refractivity contribution >= 4 is 5.91 Å². The Morgan fingerprint density at radius 3 is 2.68 bits per heavy atom. The summed E-state index contributed by atoms with van der Waals surface area (Å²) in [5.41, 5.74) is 2.96. The quantitative estimate of drug-likeness (QED) is 0.855. The van der Waals surface area contributed by atoms with E-state index in [2.05, 4.69) is 34.5 Å². The average molecular weight is 300 g/mol. The van der Waals surface area contributed by atoms with Gasteiger partial charge in [-0.2, -0.15) is 0 Å². The number of likely N-dealkylation sites (tertiary alicyclic amines) is 1. The molecule has 118 valence electrons. The summed E-state index contributed by atoms with van der Waals surface area (Å²) in [4.78, 5) is 13.9. The highest BCUT2D eigenvalue weighted by atomic mass is 16.5. The third-order valence-electron chi connectivity index (χ3n) is 5.66. The highest BCUT2D eigenvalue weighted by molar-refractivity contribution is 5.78. The first-order chi connectivity index (χ1) is 10.7. The topological polar surface area (TPSA) is 41.6 Å². The molecule has 3 aliphatic rings. The van der Waals surface area contributed by atoms with Crippen molar-refractivity contribution in [3.8, 4) is 0 Å². The Morgan fingerprint density at radius 1 is 1.18 bits per heavy atom. The highest BCUT2D eigenvalue weighted by Crippen LogP contribution is 2.31. The van der Waals surface area contributed by atoms with E-state index < -0.39 is 0 Å². The number of morpholine rings is 1. The lowest BCUT2D eigenvalue weighted by molar-refractivity contribution is -0.151. The second-order valence-corrected chi connectivity index (χ2v) is 6.95. The van der Waals surface area contributed by atoms with Crippen molar-refractivity contribution in [3.05, 3.63) is 35.4 Å². The van der Waals surface area contributed by atoms with E-state index in [1.165, 1.54) is 30.4 Å². The summed E-state index contributed by atoms with van der Waals surface area (Å²) in [7, 11) is 0. The molecule has 2 heterocycles. The third-order valence-corrected chi connectivity index (χ3v) is 5.66. The molecule has 0 radical (unpaired) electrons. The van der Waals surface area contributed by atoms with Crippen molar-refractivity contribution in [3.63, 3.8) is 0 Å². The van der Waals surface area contributed by atoms with Crippen molar-refractivity contribution in [2.24, 2.45) is 0 Å². The zero-order chi connectivity index (χ0) is 15.0. The number of nitrogens with zero attached hydrogens (tertiary/aromatic N) is 1. The summed E-state index contributed by atoms with van der Waals surface area (Å²) in [6.45, 7) is 3.09. The molecule has 1 amide bonds. The van der Waals surface area contributed by atoms with E-state index in [0.717, 1.165) is 25.9 Å². The van der Waals surface area contributed by atoms with Crippen LogP contribution in [0.25, 0.3) is 0 Å².